The summed E-state index contributed by atoms with van der Waals surface area (Å²) in [5.74, 6) is -0.582. The molecular weight excluding hydrogens is 239 g/mol. The summed E-state index contributed by atoms with van der Waals surface area (Å²) in [6.07, 6.45) is 0.463. The fourth-order valence-corrected chi connectivity index (χ4v) is 1.64. The monoisotopic (exact) mass is 248 g/mol. The Bertz CT molecular complexity index is 427. The SMILES string of the molecule is Cl.N[C@H]1CCOc2c([N+](=O)[O-])ccc(F)c21. The van der Waals surface area contributed by atoms with Gasteiger partial charge in [0.1, 0.15) is 5.82 Å². The van der Waals surface area contributed by atoms with Crippen LogP contribution in [0.15, 0.2) is 12.1 Å². The van der Waals surface area contributed by atoms with E-state index in [2.05, 4.69) is 0 Å². The Morgan fingerprint density at radius 2 is 2.25 bits per heavy atom. The first-order valence-corrected chi connectivity index (χ1v) is 4.46. The molecular formula is C9H10ClFN2O3. The minimum absolute atomic E-state index is 0. The molecule has 7 heteroatoms. The third kappa shape index (κ3) is 1.94. The van der Waals surface area contributed by atoms with Gasteiger partial charge in [0.25, 0.3) is 0 Å². The van der Waals surface area contributed by atoms with E-state index in [0.717, 1.165) is 12.1 Å². The molecule has 0 spiro atoms. The molecule has 1 aromatic carbocycles. The van der Waals surface area contributed by atoms with Crippen molar-refractivity contribution in [3.8, 4) is 5.75 Å². The Morgan fingerprint density at radius 1 is 1.56 bits per heavy atom. The zero-order valence-electron chi connectivity index (χ0n) is 8.18. The largest absolute Gasteiger partial charge is 0.486 e. The number of ether oxygens (including phenoxy) is 1. The van der Waals surface area contributed by atoms with Gasteiger partial charge in [-0.3, -0.25) is 10.1 Å². The average Bonchev–Trinajstić information content (AvgIpc) is 2.17. The molecule has 1 heterocycles. The summed E-state index contributed by atoms with van der Waals surface area (Å²) in [6.45, 7) is 0.276. The molecule has 5 nitrogen and oxygen atoms in total. The van der Waals surface area contributed by atoms with E-state index in [1.54, 1.807) is 0 Å². The van der Waals surface area contributed by atoms with Crippen molar-refractivity contribution >= 4 is 18.1 Å². The van der Waals surface area contributed by atoms with Gasteiger partial charge < -0.3 is 10.5 Å². The maximum Gasteiger partial charge on any atom is 0.311 e. The number of hydrogen-bond donors (Lipinski definition) is 1. The maximum atomic E-state index is 13.4. The Balaban J connectivity index is 0.00000128. The summed E-state index contributed by atoms with van der Waals surface area (Å²) >= 11 is 0. The summed E-state index contributed by atoms with van der Waals surface area (Å²) in [5, 5.41) is 10.7. The molecule has 0 aliphatic carbocycles. The van der Waals surface area contributed by atoms with Crippen LogP contribution in [0.2, 0.25) is 0 Å². The average molecular weight is 249 g/mol. The molecule has 0 radical (unpaired) electrons. The van der Waals surface area contributed by atoms with Gasteiger partial charge in [-0.1, -0.05) is 0 Å². The predicted molar refractivity (Wildman–Crippen MR) is 57.3 cm³/mol. The lowest BCUT2D eigenvalue weighted by Gasteiger charge is -2.22. The van der Waals surface area contributed by atoms with Crippen molar-refractivity contribution in [2.75, 3.05) is 6.61 Å². The number of nitro groups is 1. The van der Waals surface area contributed by atoms with Gasteiger partial charge >= 0.3 is 5.69 Å². The second-order valence-corrected chi connectivity index (χ2v) is 3.31. The van der Waals surface area contributed by atoms with E-state index in [9.17, 15) is 14.5 Å². The first-order chi connectivity index (χ1) is 7.11. The molecule has 2 rings (SSSR count). The first-order valence-electron chi connectivity index (χ1n) is 4.46. The van der Waals surface area contributed by atoms with Crippen LogP contribution >= 0.6 is 12.4 Å². The van der Waals surface area contributed by atoms with Crippen molar-refractivity contribution < 1.29 is 14.1 Å². The minimum Gasteiger partial charge on any atom is -0.486 e. The van der Waals surface area contributed by atoms with Gasteiger partial charge in [-0.2, -0.15) is 0 Å². The molecule has 0 unspecified atom stereocenters. The van der Waals surface area contributed by atoms with Gasteiger partial charge in [-0.05, 0) is 6.07 Å². The zero-order valence-corrected chi connectivity index (χ0v) is 9.00. The molecule has 0 saturated carbocycles. The summed E-state index contributed by atoms with van der Waals surface area (Å²) in [5.41, 5.74) is 5.55. The number of rotatable bonds is 1. The summed E-state index contributed by atoms with van der Waals surface area (Å²) in [7, 11) is 0. The van der Waals surface area contributed by atoms with Crippen molar-refractivity contribution in [3.63, 3.8) is 0 Å². The van der Waals surface area contributed by atoms with Crippen LogP contribution in [0.5, 0.6) is 5.75 Å². The lowest BCUT2D eigenvalue weighted by molar-refractivity contribution is -0.386. The smallest absolute Gasteiger partial charge is 0.311 e. The van der Waals surface area contributed by atoms with Gasteiger partial charge in [-0.25, -0.2) is 4.39 Å². The molecule has 0 saturated heterocycles. The minimum atomic E-state index is -0.601. The molecule has 88 valence electrons. The number of nitrogens with zero attached hydrogens (tertiary/aromatic N) is 1. The van der Waals surface area contributed by atoms with Gasteiger partial charge in [0.05, 0.1) is 17.1 Å². The molecule has 0 aromatic heterocycles. The fourth-order valence-electron chi connectivity index (χ4n) is 1.64. The molecule has 1 aliphatic rings. The van der Waals surface area contributed by atoms with Crippen molar-refractivity contribution in [2.45, 2.75) is 12.5 Å². The Hall–Kier alpha value is -1.40. The van der Waals surface area contributed by atoms with Crippen LogP contribution in [0.4, 0.5) is 10.1 Å². The van der Waals surface area contributed by atoms with E-state index >= 15 is 0 Å². The summed E-state index contributed by atoms with van der Waals surface area (Å²) < 4.78 is 18.5. The highest BCUT2D eigenvalue weighted by molar-refractivity contribution is 5.85. The van der Waals surface area contributed by atoms with E-state index in [-0.39, 0.29) is 36.0 Å². The van der Waals surface area contributed by atoms with E-state index in [0.29, 0.717) is 6.42 Å². The highest BCUT2D eigenvalue weighted by atomic mass is 35.5. The summed E-state index contributed by atoms with van der Waals surface area (Å²) in [6, 6.07) is 1.60. The van der Waals surface area contributed by atoms with Crippen LogP contribution in [0, 0.1) is 15.9 Å². The van der Waals surface area contributed by atoms with Gasteiger partial charge in [0.2, 0.25) is 5.75 Å². The van der Waals surface area contributed by atoms with Crippen molar-refractivity contribution in [2.24, 2.45) is 5.73 Å². The number of nitro benzene ring substituents is 1. The van der Waals surface area contributed by atoms with Crippen molar-refractivity contribution in [3.05, 3.63) is 33.6 Å². The molecule has 1 aromatic rings. The first kappa shape index (κ1) is 12.7. The summed E-state index contributed by atoms with van der Waals surface area (Å²) in [4.78, 5) is 10.1. The number of fused-ring (bicyclic) bond motifs is 1. The standard InChI is InChI=1S/C9H9FN2O3.ClH/c10-5-1-2-7(12(13)14)9-8(5)6(11)3-4-15-9;/h1-2,6H,3-4,11H2;1H/t6-;/m0./s1. The second-order valence-electron chi connectivity index (χ2n) is 3.31. The van der Waals surface area contributed by atoms with Crippen LogP contribution in [-0.2, 0) is 0 Å². The fraction of sp³-hybridized carbons (Fsp3) is 0.333. The quantitative estimate of drug-likeness (QED) is 0.608. The zero-order chi connectivity index (χ0) is 11.0. The molecule has 2 N–H and O–H groups in total. The molecule has 0 fully saturated rings. The van der Waals surface area contributed by atoms with Crippen LogP contribution in [0.3, 0.4) is 0 Å². The van der Waals surface area contributed by atoms with Crippen LogP contribution in [0.1, 0.15) is 18.0 Å². The highest BCUT2D eigenvalue weighted by Crippen LogP contribution is 2.39. The molecule has 1 aliphatic heterocycles. The highest BCUT2D eigenvalue weighted by Gasteiger charge is 2.29. The number of benzene rings is 1. The Labute approximate surface area is 96.9 Å². The lowest BCUT2D eigenvalue weighted by atomic mass is 10.00. The molecule has 0 bridgehead atoms. The van der Waals surface area contributed by atoms with E-state index < -0.39 is 16.8 Å². The number of halogens is 2. The van der Waals surface area contributed by atoms with E-state index in [1.807, 2.05) is 0 Å². The number of hydrogen-bond acceptors (Lipinski definition) is 4. The Morgan fingerprint density at radius 3 is 2.88 bits per heavy atom. The van der Waals surface area contributed by atoms with Gasteiger partial charge in [0.15, 0.2) is 0 Å². The molecule has 0 amide bonds. The third-order valence-electron chi connectivity index (χ3n) is 2.36. The molecule has 1 atom stereocenters. The lowest BCUT2D eigenvalue weighted by Crippen LogP contribution is -2.22. The van der Waals surface area contributed by atoms with Crippen molar-refractivity contribution in [1.29, 1.82) is 0 Å². The van der Waals surface area contributed by atoms with Crippen LogP contribution in [-0.4, -0.2) is 11.5 Å². The Kier molecular flexibility index (Phi) is 3.66. The van der Waals surface area contributed by atoms with Crippen LogP contribution < -0.4 is 10.5 Å². The second kappa shape index (κ2) is 4.63. The third-order valence-corrected chi connectivity index (χ3v) is 2.36. The topological polar surface area (TPSA) is 78.4 Å². The predicted octanol–water partition coefficient (Wildman–Crippen LogP) is 1.94. The number of nitrogens with two attached hydrogens (primary N) is 1. The maximum absolute atomic E-state index is 13.4. The molecule has 16 heavy (non-hydrogen) atoms. The van der Waals surface area contributed by atoms with Crippen LogP contribution in [0.25, 0.3) is 0 Å². The van der Waals surface area contributed by atoms with E-state index in [1.165, 1.54) is 0 Å². The van der Waals surface area contributed by atoms with Gasteiger partial charge in [0, 0.05) is 18.5 Å². The van der Waals surface area contributed by atoms with E-state index in [4.69, 9.17) is 10.5 Å². The normalized spacial score (nSPS) is 18.0. The van der Waals surface area contributed by atoms with Gasteiger partial charge in [-0.15, -0.1) is 12.4 Å². The van der Waals surface area contributed by atoms with Crippen molar-refractivity contribution in [1.82, 2.24) is 0 Å².